The molecule has 0 unspecified atom stereocenters. The van der Waals surface area contributed by atoms with Crippen LogP contribution < -0.4 is 5.32 Å². The zero-order valence-corrected chi connectivity index (χ0v) is 18.6. The quantitative estimate of drug-likeness (QED) is 0.796. The van der Waals surface area contributed by atoms with Crippen molar-refractivity contribution in [2.75, 3.05) is 45.8 Å². The lowest BCUT2D eigenvalue weighted by Gasteiger charge is -2.37. The fourth-order valence-electron chi connectivity index (χ4n) is 5.35. The number of benzene rings is 1. The summed E-state index contributed by atoms with van der Waals surface area (Å²) >= 11 is 0. The van der Waals surface area contributed by atoms with E-state index in [2.05, 4.69) is 50.3 Å². The standard InChI is InChI=1S/C25H40N4O/c30-25(26-24-12-16-28(17-13-24)20-22-8-4-3-5-9-22)29-18-10-23(11-19-29)21-27-14-6-1-2-7-15-27/h3-5,8-9,23-24H,1-2,6-7,10-21H2,(H,26,30). The van der Waals surface area contributed by atoms with Crippen molar-refractivity contribution in [3.63, 3.8) is 0 Å². The summed E-state index contributed by atoms with van der Waals surface area (Å²) in [4.78, 5) is 20.0. The molecule has 1 N–H and O–H groups in total. The first-order chi connectivity index (χ1) is 14.8. The fourth-order valence-corrected chi connectivity index (χ4v) is 5.35. The van der Waals surface area contributed by atoms with E-state index in [1.807, 2.05) is 0 Å². The van der Waals surface area contributed by atoms with Crippen molar-refractivity contribution in [3.05, 3.63) is 35.9 Å². The summed E-state index contributed by atoms with van der Waals surface area (Å²) in [6.07, 6.45) is 9.99. The Morgan fingerprint density at radius 1 is 0.800 bits per heavy atom. The molecule has 0 radical (unpaired) electrons. The van der Waals surface area contributed by atoms with E-state index in [9.17, 15) is 4.79 Å². The predicted molar refractivity (Wildman–Crippen MR) is 122 cm³/mol. The van der Waals surface area contributed by atoms with Gasteiger partial charge >= 0.3 is 6.03 Å². The minimum Gasteiger partial charge on any atom is -0.335 e. The second-order valence-electron chi connectivity index (χ2n) is 9.63. The molecule has 3 fully saturated rings. The smallest absolute Gasteiger partial charge is 0.317 e. The SMILES string of the molecule is O=C(NC1CCN(Cc2ccccc2)CC1)N1CCC(CN2CCCCCC2)CC1. The average molecular weight is 413 g/mol. The van der Waals surface area contributed by atoms with Crippen LogP contribution >= 0.6 is 0 Å². The first kappa shape index (κ1) is 21.6. The second-order valence-corrected chi connectivity index (χ2v) is 9.63. The maximum Gasteiger partial charge on any atom is 0.317 e. The number of hydrogen-bond acceptors (Lipinski definition) is 3. The molecule has 0 aromatic heterocycles. The molecular weight excluding hydrogens is 372 g/mol. The van der Waals surface area contributed by atoms with Gasteiger partial charge in [-0.25, -0.2) is 4.79 Å². The molecular formula is C25H40N4O. The van der Waals surface area contributed by atoms with Gasteiger partial charge in [0.25, 0.3) is 0 Å². The number of amides is 2. The summed E-state index contributed by atoms with van der Waals surface area (Å²) in [5.74, 6) is 0.772. The van der Waals surface area contributed by atoms with E-state index < -0.39 is 0 Å². The first-order valence-corrected chi connectivity index (χ1v) is 12.3. The predicted octanol–water partition coefficient (Wildman–Crippen LogP) is 3.95. The number of likely N-dealkylation sites (tertiary alicyclic amines) is 3. The van der Waals surface area contributed by atoms with Crippen molar-refractivity contribution in [1.29, 1.82) is 0 Å². The summed E-state index contributed by atoms with van der Waals surface area (Å²) in [5.41, 5.74) is 1.38. The Balaban J connectivity index is 1.13. The van der Waals surface area contributed by atoms with Gasteiger partial charge in [-0.1, -0.05) is 43.2 Å². The Hall–Kier alpha value is -1.59. The summed E-state index contributed by atoms with van der Waals surface area (Å²) in [7, 11) is 0. The third kappa shape index (κ3) is 6.45. The Kier molecular flexibility index (Phi) is 8.04. The van der Waals surface area contributed by atoms with Crippen LogP contribution in [0.4, 0.5) is 4.79 Å². The van der Waals surface area contributed by atoms with E-state index >= 15 is 0 Å². The first-order valence-electron chi connectivity index (χ1n) is 12.3. The number of hydrogen-bond donors (Lipinski definition) is 1. The van der Waals surface area contributed by atoms with Crippen LogP contribution in [-0.4, -0.2) is 72.6 Å². The highest BCUT2D eigenvalue weighted by Crippen LogP contribution is 2.21. The summed E-state index contributed by atoms with van der Waals surface area (Å²) < 4.78 is 0. The van der Waals surface area contributed by atoms with Gasteiger partial charge < -0.3 is 15.1 Å². The number of carbonyl (C=O) groups excluding carboxylic acids is 1. The molecule has 0 bridgehead atoms. The number of carbonyl (C=O) groups is 1. The van der Waals surface area contributed by atoms with Crippen molar-refractivity contribution in [2.24, 2.45) is 5.92 Å². The van der Waals surface area contributed by atoms with E-state index in [1.54, 1.807) is 0 Å². The lowest BCUT2D eigenvalue weighted by Crippen LogP contribution is -2.51. The van der Waals surface area contributed by atoms with Crippen LogP contribution in [0.25, 0.3) is 0 Å². The molecule has 0 aliphatic carbocycles. The van der Waals surface area contributed by atoms with Crippen LogP contribution in [-0.2, 0) is 6.54 Å². The second kappa shape index (κ2) is 11.1. The molecule has 0 atom stereocenters. The van der Waals surface area contributed by atoms with Crippen molar-refractivity contribution < 1.29 is 4.79 Å². The Bertz CT molecular complexity index is 628. The van der Waals surface area contributed by atoms with Gasteiger partial charge in [-0.2, -0.15) is 0 Å². The Morgan fingerprint density at radius 2 is 1.47 bits per heavy atom. The molecule has 1 aromatic carbocycles. The third-order valence-corrected chi connectivity index (χ3v) is 7.28. The summed E-state index contributed by atoms with van der Waals surface area (Å²) in [5, 5.41) is 3.33. The molecule has 30 heavy (non-hydrogen) atoms. The molecule has 0 saturated carbocycles. The molecule has 2 amide bonds. The zero-order chi connectivity index (χ0) is 20.6. The van der Waals surface area contributed by atoms with Crippen LogP contribution in [0.3, 0.4) is 0 Å². The molecule has 3 aliphatic heterocycles. The van der Waals surface area contributed by atoms with E-state index in [1.165, 1.54) is 63.7 Å². The van der Waals surface area contributed by atoms with E-state index in [4.69, 9.17) is 0 Å². The van der Waals surface area contributed by atoms with E-state index in [-0.39, 0.29) is 6.03 Å². The lowest BCUT2D eigenvalue weighted by molar-refractivity contribution is 0.138. The summed E-state index contributed by atoms with van der Waals surface area (Å²) in [6, 6.07) is 11.2. The van der Waals surface area contributed by atoms with Gasteiger partial charge in [0, 0.05) is 45.3 Å². The van der Waals surface area contributed by atoms with E-state index in [0.717, 1.165) is 51.5 Å². The van der Waals surface area contributed by atoms with E-state index in [0.29, 0.717) is 6.04 Å². The molecule has 166 valence electrons. The minimum atomic E-state index is 0.171. The normalized spacial score (nSPS) is 23.3. The largest absolute Gasteiger partial charge is 0.335 e. The number of rotatable bonds is 5. The van der Waals surface area contributed by atoms with Gasteiger partial charge in [-0.05, 0) is 63.1 Å². The molecule has 4 rings (SSSR count). The van der Waals surface area contributed by atoms with Crippen LogP contribution in [0.5, 0.6) is 0 Å². The van der Waals surface area contributed by atoms with Gasteiger partial charge in [-0.15, -0.1) is 0 Å². The molecule has 0 spiro atoms. The molecule has 5 nitrogen and oxygen atoms in total. The molecule has 3 heterocycles. The van der Waals surface area contributed by atoms with Crippen LogP contribution in [0.1, 0.15) is 56.9 Å². The van der Waals surface area contributed by atoms with Crippen LogP contribution in [0.15, 0.2) is 30.3 Å². The van der Waals surface area contributed by atoms with Gasteiger partial charge in [0.1, 0.15) is 0 Å². The number of piperidine rings is 2. The van der Waals surface area contributed by atoms with Crippen LogP contribution in [0.2, 0.25) is 0 Å². The topological polar surface area (TPSA) is 38.8 Å². The highest BCUT2D eigenvalue weighted by atomic mass is 16.2. The summed E-state index contributed by atoms with van der Waals surface area (Å²) in [6.45, 7) is 8.82. The Morgan fingerprint density at radius 3 is 2.13 bits per heavy atom. The molecule has 3 saturated heterocycles. The molecule has 3 aliphatic rings. The van der Waals surface area contributed by atoms with Crippen molar-refractivity contribution in [1.82, 2.24) is 20.0 Å². The maximum absolute atomic E-state index is 12.8. The van der Waals surface area contributed by atoms with Gasteiger partial charge in [0.15, 0.2) is 0 Å². The van der Waals surface area contributed by atoms with Crippen molar-refractivity contribution >= 4 is 6.03 Å². The zero-order valence-electron chi connectivity index (χ0n) is 18.6. The molecule has 1 aromatic rings. The van der Waals surface area contributed by atoms with Crippen LogP contribution in [0, 0.1) is 5.92 Å². The number of nitrogens with one attached hydrogen (secondary N) is 1. The number of nitrogens with zero attached hydrogens (tertiary/aromatic N) is 3. The molecule has 5 heteroatoms. The third-order valence-electron chi connectivity index (χ3n) is 7.28. The van der Waals surface area contributed by atoms with Crippen molar-refractivity contribution in [2.45, 2.75) is 64.0 Å². The highest BCUT2D eigenvalue weighted by Gasteiger charge is 2.27. The fraction of sp³-hybridized carbons (Fsp3) is 0.720. The monoisotopic (exact) mass is 412 g/mol. The number of urea groups is 1. The highest BCUT2D eigenvalue weighted by molar-refractivity contribution is 5.74. The minimum absolute atomic E-state index is 0.171. The maximum atomic E-state index is 12.8. The van der Waals surface area contributed by atoms with Crippen molar-refractivity contribution in [3.8, 4) is 0 Å². The average Bonchev–Trinajstić information content (AvgIpc) is 3.05. The van der Waals surface area contributed by atoms with Gasteiger partial charge in [-0.3, -0.25) is 4.90 Å². The van der Waals surface area contributed by atoms with Gasteiger partial charge in [0.2, 0.25) is 0 Å². The Labute approximate surface area is 182 Å². The van der Waals surface area contributed by atoms with Gasteiger partial charge in [0.05, 0.1) is 0 Å². The lowest BCUT2D eigenvalue weighted by atomic mass is 9.96.